The Kier molecular flexibility index (Phi) is 6.13. The largest absolute Gasteiger partial charge is 0.673 e. The van der Waals surface area contributed by atoms with Crippen molar-refractivity contribution in [2.45, 2.75) is 25.2 Å². The number of fused-ring (bicyclic) bond motifs is 5. The molecule has 0 radical (unpaired) electrons. The lowest BCUT2D eigenvalue weighted by molar-refractivity contribution is -0.739. The summed E-state index contributed by atoms with van der Waals surface area (Å²) in [6.45, 7) is 0.536. The van der Waals surface area contributed by atoms with Crippen LogP contribution >= 0.6 is 47.8 Å². The Hall–Kier alpha value is -1.24. The number of rotatable bonds is 1. The Morgan fingerprint density at radius 2 is 1.70 bits per heavy atom. The van der Waals surface area contributed by atoms with Gasteiger partial charge in [-0.05, 0) is 55.1 Å². The molecule has 4 nitrogen and oxygen atoms in total. The molecule has 3 aromatic rings. The molecule has 2 heterocycles. The zero-order valence-electron chi connectivity index (χ0n) is 15.1. The fourth-order valence-corrected chi connectivity index (χ4v) is 6.40. The molecule has 0 spiro atoms. The number of aromatic nitrogens is 3. The fourth-order valence-electron chi connectivity index (χ4n) is 3.78. The van der Waals surface area contributed by atoms with Gasteiger partial charge in [0.2, 0.25) is 6.33 Å². The second-order valence-corrected chi connectivity index (χ2v) is 9.42. The molecular weight excluding hydrogens is 601 g/mol. The molecule has 0 fully saturated rings. The Morgan fingerprint density at radius 3 is 2.37 bits per heavy atom. The van der Waals surface area contributed by atoms with E-state index < -0.39 is 7.25 Å². The summed E-state index contributed by atoms with van der Waals surface area (Å²) >= 11 is 10.8. The fraction of sp³-hybridized carbons (Fsp3) is 0.222. The molecule has 158 valence electrons. The van der Waals surface area contributed by atoms with Gasteiger partial charge in [-0.25, -0.2) is 4.57 Å². The van der Waals surface area contributed by atoms with E-state index >= 15 is 0 Å². The first-order valence-corrected chi connectivity index (χ1v) is 11.2. The van der Waals surface area contributed by atoms with E-state index in [1.165, 1.54) is 11.1 Å². The maximum absolute atomic E-state index is 9.75. The van der Waals surface area contributed by atoms with E-state index in [4.69, 9.17) is 9.84 Å². The molecule has 2 aliphatic rings. The average Bonchev–Trinajstić information content (AvgIpc) is 3.19. The van der Waals surface area contributed by atoms with E-state index in [9.17, 15) is 17.3 Å². The normalized spacial score (nSPS) is 19.4. The zero-order chi connectivity index (χ0) is 21.6. The maximum Gasteiger partial charge on any atom is 0.673 e. The average molecular weight is 614 g/mol. The number of hydrogen-bond donors (Lipinski definition) is 0. The third-order valence-corrected chi connectivity index (χ3v) is 6.51. The van der Waals surface area contributed by atoms with Gasteiger partial charge in [-0.3, -0.25) is 0 Å². The quantitative estimate of drug-likeness (QED) is 0.198. The van der Waals surface area contributed by atoms with E-state index in [1.807, 2.05) is 16.8 Å². The van der Waals surface area contributed by atoms with Crippen molar-refractivity contribution in [1.29, 1.82) is 0 Å². The van der Waals surface area contributed by atoms with Crippen molar-refractivity contribution in [1.82, 2.24) is 9.78 Å². The third-order valence-electron chi connectivity index (χ3n) is 4.84. The lowest BCUT2D eigenvalue weighted by Crippen LogP contribution is -2.51. The molecule has 5 rings (SSSR count). The van der Waals surface area contributed by atoms with Crippen molar-refractivity contribution in [3.05, 3.63) is 73.1 Å². The first-order chi connectivity index (χ1) is 14.1. The van der Waals surface area contributed by atoms with Gasteiger partial charge < -0.3 is 22.0 Å². The Balaban J connectivity index is 0.000000393. The van der Waals surface area contributed by atoms with E-state index in [1.54, 1.807) is 0 Å². The summed E-state index contributed by atoms with van der Waals surface area (Å²) in [4.78, 5) is 0. The highest BCUT2D eigenvalue weighted by molar-refractivity contribution is 9.11. The first-order valence-electron chi connectivity index (χ1n) is 8.83. The predicted molar refractivity (Wildman–Crippen MR) is 114 cm³/mol. The van der Waals surface area contributed by atoms with Crippen LogP contribution < -0.4 is 4.57 Å². The molecule has 1 aromatic heterocycles. The first kappa shape index (κ1) is 22.0. The van der Waals surface area contributed by atoms with Gasteiger partial charge >= 0.3 is 13.1 Å². The molecule has 1 aliphatic heterocycles. The van der Waals surface area contributed by atoms with Crippen molar-refractivity contribution in [3.63, 3.8) is 0 Å². The number of ether oxygens (including phenoxy) is 1. The van der Waals surface area contributed by atoms with Crippen LogP contribution in [0.4, 0.5) is 17.3 Å². The van der Waals surface area contributed by atoms with Crippen LogP contribution in [0, 0.1) is 0 Å². The van der Waals surface area contributed by atoms with Crippen molar-refractivity contribution in [2.24, 2.45) is 0 Å². The van der Waals surface area contributed by atoms with Gasteiger partial charge in [0.15, 0.2) is 5.69 Å². The Bertz CT molecular complexity index is 1080. The Morgan fingerprint density at radius 1 is 1.07 bits per heavy atom. The second kappa shape index (κ2) is 8.36. The van der Waals surface area contributed by atoms with Crippen molar-refractivity contribution in [2.75, 3.05) is 0 Å². The molecule has 0 N–H and O–H groups in total. The summed E-state index contributed by atoms with van der Waals surface area (Å²) < 4.78 is 52.2. The summed E-state index contributed by atoms with van der Waals surface area (Å²) in [7, 11) is -6.00. The highest BCUT2D eigenvalue weighted by Crippen LogP contribution is 2.37. The summed E-state index contributed by atoms with van der Waals surface area (Å²) in [5, 5.41) is 4.79. The monoisotopic (exact) mass is 611 g/mol. The minimum atomic E-state index is -6.00. The van der Waals surface area contributed by atoms with Crippen molar-refractivity contribution >= 4 is 55.0 Å². The molecule has 0 saturated heterocycles. The molecule has 12 heteroatoms. The lowest BCUT2D eigenvalue weighted by Gasteiger charge is -2.23. The van der Waals surface area contributed by atoms with Gasteiger partial charge in [-0.2, -0.15) is 0 Å². The number of nitrogens with zero attached hydrogens (tertiary/aromatic N) is 3. The maximum atomic E-state index is 9.75. The van der Waals surface area contributed by atoms with Gasteiger partial charge in [0.25, 0.3) is 0 Å². The van der Waals surface area contributed by atoms with Gasteiger partial charge in [-0.15, -0.1) is 0 Å². The highest BCUT2D eigenvalue weighted by Gasteiger charge is 2.43. The highest BCUT2D eigenvalue weighted by atomic mass is 79.9. The summed E-state index contributed by atoms with van der Waals surface area (Å²) in [6.07, 6.45) is 3.23. The van der Waals surface area contributed by atoms with Crippen LogP contribution in [0.5, 0.6) is 0 Å². The van der Waals surface area contributed by atoms with Crippen LogP contribution in [0.15, 0.2) is 56.1 Å². The van der Waals surface area contributed by atoms with Gasteiger partial charge in [-0.1, -0.05) is 44.9 Å². The number of hydrogen-bond acceptors (Lipinski definition) is 2. The minimum absolute atomic E-state index is 0.185. The smallest absolute Gasteiger partial charge is 0.418 e. The van der Waals surface area contributed by atoms with Crippen molar-refractivity contribution < 1.29 is 26.6 Å². The second-order valence-electron chi connectivity index (χ2n) is 6.79. The predicted octanol–water partition coefficient (Wildman–Crippen LogP) is 5.79. The molecular formula is C18H13BBr3F4N3O. The summed E-state index contributed by atoms with van der Waals surface area (Å²) in [5.74, 6) is 0.944. The standard InChI is InChI=1S/C18H13Br3N3O.BF4/c19-11-6-13(20)18(14(21)7-11)24-9-23-16(22-24)8-25-15-5-10-3-1-2-4-12(10)17(15)23;2-1(3,4)5/h1-4,6-7,9,15,17H,5,8H2;/q+1;-1. The third kappa shape index (κ3) is 4.51. The van der Waals surface area contributed by atoms with Gasteiger partial charge in [0.1, 0.15) is 18.8 Å². The van der Waals surface area contributed by atoms with Gasteiger partial charge in [0.05, 0.1) is 8.95 Å². The van der Waals surface area contributed by atoms with Crippen LogP contribution in [0.25, 0.3) is 5.69 Å². The van der Waals surface area contributed by atoms with E-state index in [-0.39, 0.29) is 12.1 Å². The van der Waals surface area contributed by atoms with Crippen LogP contribution in [0.1, 0.15) is 23.0 Å². The van der Waals surface area contributed by atoms with Gasteiger partial charge in [0, 0.05) is 16.0 Å². The summed E-state index contributed by atoms with van der Waals surface area (Å²) in [6, 6.07) is 12.8. The SMILES string of the molecule is Brc1cc(Br)c(-n2c[n+]3c(n2)COC2Cc4ccccc4C23)c(Br)c1.F[B-](F)(F)F. The number of halogens is 7. The van der Waals surface area contributed by atoms with Crippen LogP contribution in [-0.4, -0.2) is 23.1 Å². The van der Waals surface area contributed by atoms with E-state index in [0.717, 1.165) is 31.4 Å². The van der Waals surface area contributed by atoms with Crippen LogP contribution in [-0.2, 0) is 17.8 Å². The Labute approximate surface area is 194 Å². The van der Waals surface area contributed by atoms with E-state index in [2.05, 4.69) is 82.9 Å². The van der Waals surface area contributed by atoms with Crippen LogP contribution in [0.3, 0.4) is 0 Å². The van der Waals surface area contributed by atoms with Crippen molar-refractivity contribution in [3.8, 4) is 5.69 Å². The minimum Gasteiger partial charge on any atom is -0.418 e. The van der Waals surface area contributed by atoms with Crippen LogP contribution in [0.2, 0.25) is 0 Å². The van der Waals surface area contributed by atoms with E-state index in [0.29, 0.717) is 6.61 Å². The molecule has 2 atom stereocenters. The molecule has 0 amide bonds. The molecule has 0 saturated carbocycles. The number of benzene rings is 2. The molecule has 2 aromatic carbocycles. The summed E-state index contributed by atoms with van der Waals surface area (Å²) in [5.41, 5.74) is 3.69. The topological polar surface area (TPSA) is 30.9 Å². The molecule has 1 aliphatic carbocycles. The molecule has 2 unspecified atom stereocenters. The molecule has 30 heavy (non-hydrogen) atoms. The lowest BCUT2D eigenvalue weighted by atomic mass is 10.1. The molecule has 0 bridgehead atoms. The zero-order valence-corrected chi connectivity index (χ0v) is 19.8.